The van der Waals surface area contributed by atoms with Gasteiger partial charge in [-0.1, -0.05) is 12.2 Å². The molecule has 8 nitrogen and oxygen atoms in total. The molecule has 2 saturated heterocycles. The van der Waals surface area contributed by atoms with Gasteiger partial charge in [0, 0.05) is 19.5 Å². The number of fused-ring (bicyclic) bond motifs is 1. The van der Waals surface area contributed by atoms with Gasteiger partial charge in [-0.3, -0.25) is 19.3 Å². The van der Waals surface area contributed by atoms with Gasteiger partial charge in [0.05, 0.1) is 24.7 Å². The molecule has 0 spiro atoms. The molecule has 2 aliphatic heterocycles. The Morgan fingerprint density at radius 3 is 2.50 bits per heavy atom. The van der Waals surface area contributed by atoms with Crippen LogP contribution in [0, 0.1) is 5.92 Å². The van der Waals surface area contributed by atoms with Crippen LogP contribution in [0.2, 0.25) is 0 Å². The van der Waals surface area contributed by atoms with Crippen molar-refractivity contribution in [1.82, 2.24) is 10.2 Å². The lowest BCUT2D eigenvalue weighted by atomic mass is 9.76. The number of amides is 1. The third-order valence-electron chi connectivity index (χ3n) is 5.67. The molecule has 2 fully saturated rings. The second-order valence-corrected chi connectivity index (χ2v) is 9.22. The SMILES string of the molecule is C/C=C\[C@@H]1C[C@H](C(=O)OC(C)(C)C)N2CC[C@@](O)(CC(=O)OCC)[C@H](NC(C)=O)[C@@H]12. The van der Waals surface area contributed by atoms with Gasteiger partial charge in [-0.15, -0.1) is 0 Å². The van der Waals surface area contributed by atoms with Crippen molar-refractivity contribution >= 4 is 17.8 Å². The first-order valence-corrected chi connectivity index (χ1v) is 10.7. The summed E-state index contributed by atoms with van der Waals surface area (Å²) in [5.74, 6) is -1.20. The molecule has 0 aromatic rings. The van der Waals surface area contributed by atoms with Crippen LogP contribution in [0.25, 0.3) is 0 Å². The molecule has 0 bridgehead atoms. The van der Waals surface area contributed by atoms with E-state index in [0.717, 1.165) is 0 Å². The van der Waals surface area contributed by atoms with E-state index in [0.29, 0.717) is 13.0 Å². The zero-order chi connectivity index (χ0) is 22.7. The van der Waals surface area contributed by atoms with Gasteiger partial charge in [-0.2, -0.15) is 0 Å². The van der Waals surface area contributed by atoms with Crippen LogP contribution in [0.5, 0.6) is 0 Å². The molecule has 8 heteroatoms. The Balaban J connectivity index is 2.38. The molecule has 2 rings (SSSR count). The molecule has 2 aliphatic rings. The third-order valence-corrected chi connectivity index (χ3v) is 5.67. The summed E-state index contributed by atoms with van der Waals surface area (Å²) in [6.45, 7) is 11.1. The van der Waals surface area contributed by atoms with Crippen molar-refractivity contribution in [2.45, 2.75) is 90.1 Å². The summed E-state index contributed by atoms with van der Waals surface area (Å²) < 4.78 is 10.7. The Morgan fingerprint density at radius 1 is 1.30 bits per heavy atom. The number of carbonyl (C=O) groups excluding carboxylic acids is 3. The van der Waals surface area contributed by atoms with Crippen LogP contribution in [0.15, 0.2) is 12.2 Å². The Kier molecular flexibility index (Phi) is 7.69. The van der Waals surface area contributed by atoms with Gasteiger partial charge in [-0.05, 0) is 53.4 Å². The minimum Gasteiger partial charge on any atom is -0.466 e. The molecular weight excluding hydrogens is 388 g/mol. The maximum absolute atomic E-state index is 12.9. The number of esters is 2. The number of allylic oxidation sites excluding steroid dienone is 1. The predicted molar refractivity (Wildman–Crippen MR) is 111 cm³/mol. The molecular formula is C22H36N2O6. The van der Waals surface area contributed by atoms with E-state index in [4.69, 9.17) is 9.47 Å². The number of rotatable bonds is 6. The maximum Gasteiger partial charge on any atom is 0.323 e. The third kappa shape index (κ3) is 5.60. The highest BCUT2D eigenvalue weighted by Crippen LogP contribution is 2.42. The summed E-state index contributed by atoms with van der Waals surface area (Å²) >= 11 is 0. The van der Waals surface area contributed by atoms with E-state index in [1.165, 1.54) is 6.92 Å². The Morgan fingerprint density at radius 2 is 1.97 bits per heavy atom. The van der Waals surface area contributed by atoms with Gasteiger partial charge in [0.25, 0.3) is 0 Å². The molecule has 2 heterocycles. The summed E-state index contributed by atoms with van der Waals surface area (Å²) in [5, 5.41) is 14.3. The van der Waals surface area contributed by atoms with E-state index < -0.39 is 29.3 Å². The van der Waals surface area contributed by atoms with Crippen molar-refractivity contribution in [3.05, 3.63) is 12.2 Å². The molecule has 1 amide bonds. The van der Waals surface area contributed by atoms with Gasteiger partial charge in [-0.25, -0.2) is 0 Å². The molecule has 0 unspecified atom stereocenters. The van der Waals surface area contributed by atoms with Gasteiger partial charge >= 0.3 is 11.9 Å². The van der Waals surface area contributed by atoms with E-state index in [9.17, 15) is 19.5 Å². The lowest BCUT2D eigenvalue weighted by Gasteiger charge is -2.49. The fourth-order valence-corrected chi connectivity index (χ4v) is 4.67. The molecule has 170 valence electrons. The zero-order valence-electron chi connectivity index (χ0n) is 18.9. The van der Waals surface area contributed by atoms with Crippen molar-refractivity contribution in [2.75, 3.05) is 13.2 Å². The van der Waals surface area contributed by atoms with Crippen LogP contribution >= 0.6 is 0 Å². The first kappa shape index (κ1) is 24.3. The molecule has 0 radical (unpaired) electrons. The van der Waals surface area contributed by atoms with Crippen molar-refractivity contribution in [3.63, 3.8) is 0 Å². The second-order valence-electron chi connectivity index (χ2n) is 9.22. The molecule has 0 aromatic carbocycles. The molecule has 0 aliphatic carbocycles. The molecule has 5 atom stereocenters. The average Bonchev–Trinajstić information content (AvgIpc) is 2.95. The van der Waals surface area contributed by atoms with Crippen molar-refractivity contribution in [1.29, 1.82) is 0 Å². The van der Waals surface area contributed by atoms with E-state index in [1.807, 2.05) is 44.7 Å². The summed E-state index contributed by atoms with van der Waals surface area (Å²) in [7, 11) is 0. The number of aliphatic hydroxyl groups is 1. The Hall–Kier alpha value is -1.93. The largest absolute Gasteiger partial charge is 0.466 e. The smallest absolute Gasteiger partial charge is 0.323 e. The van der Waals surface area contributed by atoms with E-state index >= 15 is 0 Å². The van der Waals surface area contributed by atoms with Crippen molar-refractivity contribution in [2.24, 2.45) is 5.92 Å². The fraction of sp³-hybridized carbons (Fsp3) is 0.773. The van der Waals surface area contributed by atoms with Gasteiger partial charge in [0.2, 0.25) is 5.91 Å². The number of ether oxygens (including phenoxy) is 2. The van der Waals surface area contributed by atoms with Crippen LogP contribution in [0.3, 0.4) is 0 Å². The fourth-order valence-electron chi connectivity index (χ4n) is 4.67. The van der Waals surface area contributed by atoms with Crippen LogP contribution < -0.4 is 5.32 Å². The van der Waals surface area contributed by atoms with Crippen molar-refractivity contribution in [3.8, 4) is 0 Å². The quantitative estimate of drug-likeness (QED) is 0.492. The van der Waals surface area contributed by atoms with E-state index in [2.05, 4.69) is 5.32 Å². The van der Waals surface area contributed by atoms with E-state index in [-0.39, 0.29) is 43.3 Å². The number of piperidine rings is 1. The normalized spacial score (nSPS) is 32.0. The topological polar surface area (TPSA) is 105 Å². The van der Waals surface area contributed by atoms with Crippen LogP contribution in [-0.4, -0.2) is 70.3 Å². The first-order chi connectivity index (χ1) is 13.9. The number of hydrogen-bond acceptors (Lipinski definition) is 7. The second kappa shape index (κ2) is 9.47. The summed E-state index contributed by atoms with van der Waals surface area (Å²) in [6, 6.07) is -1.53. The lowest BCUT2D eigenvalue weighted by molar-refractivity contribution is -0.166. The Labute approximate surface area is 179 Å². The van der Waals surface area contributed by atoms with Crippen LogP contribution in [0.4, 0.5) is 0 Å². The number of nitrogens with one attached hydrogen (secondary N) is 1. The average molecular weight is 425 g/mol. The predicted octanol–water partition coefficient (Wildman–Crippen LogP) is 1.56. The molecule has 30 heavy (non-hydrogen) atoms. The lowest BCUT2D eigenvalue weighted by Crippen LogP contribution is -2.68. The number of carbonyl (C=O) groups is 3. The highest BCUT2D eigenvalue weighted by molar-refractivity contribution is 5.78. The highest BCUT2D eigenvalue weighted by Gasteiger charge is 2.57. The first-order valence-electron chi connectivity index (χ1n) is 10.7. The van der Waals surface area contributed by atoms with Gasteiger partial charge in [0.15, 0.2) is 0 Å². The van der Waals surface area contributed by atoms with Gasteiger partial charge in [0.1, 0.15) is 11.6 Å². The summed E-state index contributed by atoms with van der Waals surface area (Å²) in [5.41, 5.74) is -2.07. The molecule has 2 N–H and O–H groups in total. The summed E-state index contributed by atoms with van der Waals surface area (Å²) in [4.78, 5) is 39.1. The number of nitrogens with zero attached hydrogens (tertiary/aromatic N) is 1. The minimum absolute atomic E-state index is 0.0848. The Bertz CT molecular complexity index is 686. The van der Waals surface area contributed by atoms with Crippen LogP contribution in [0.1, 0.15) is 60.8 Å². The summed E-state index contributed by atoms with van der Waals surface area (Å²) in [6.07, 6.45) is 4.44. The van der Waals surface area contributed by atoms with Gasteiger partial charge < -0.3 is 19.9 Å². The minimum atomic E-state index is -1.46. The standard InChI is InChI=1S/C22H36N2O6/c1-7-9-15-12-16(20(27)30-21(4,5)6)24-11-10-22(28,13-17(26)29-8-2)19(18(15)24)23-14(3)25/h7,9,15-16,18-19,28H,8,10-13H2,1-6H3,(H,23,25)/b9-7-/t15-,16-,18-,19-,22-/m1/s1. The highest BCUT2D eigenvalue weighted by atomic mass is 16.6. The zero-order valence-corrected chi connectivity index (χ0v) is 18.9. The van der Waals surface area contributed by atoms with Crippen LogP contribution in [-0.2, 0) is 23.9 Å². The molecule has 0 saturated carbocycles. The molecule has 0 aromatic heterocycles. The number of hydrogen-bond donors (Lipinski definition) is 2. The van der Waals surface area contributed by atoms with E-state index in [1.54, 1.807) is 6.92 Å². The monoisotopic (exact) mass is 424 g/mol. The van der Waals surface area contributed by atoms with Crippen molar-refractivity contribution < 1.29 is 29.0 Å². The maximum atomic E-state index is 12.9.